The van der Waals surface area contributed by atoms with E-state index in [0.29, 0.717) is 11.4 Å². The number of phenols is 3. The summed E-state index contributed by atoms with van der Waals surface area (Å²) in [5.41, 5.74) is 3.10. The molecule has 0 aliphatic carbocycles. The maximum absolute atomic E-state index is 12.3. The van der Waals surface area contributed by atoms with Crippen LogP contribution in [-0.4, -0.2) is 31.3 Å². The summed E-state index contributed by atoms with van der Waals surface area (Å²) in [6, 6.07) is 11.6. The van der Waals surface area contributed by atoms with Gasteiger partial charge in [-0.15, -0.1) is 0 Å². The number of benzene rings is 2. The van der Waals surface area contributed by atoms with Crippen LogP contribution in [-0.2, 0) is 6.42 Å². The lowest BCUT2D eigenvalue weighted by molar-refractivity contribution is 0.0986. The lowest BCUT2D eigenvalue weighted by atomic mass is 10.0. The Morgan fingerprint density at radius 1 is 1.04 bits per heavy atom. The van der Waals surface area contributed by atoms with Crippen LogP contribution in [0, 0.1) is 6.92 Å². The topological polar surface area (TPSA) is 106 Å². The normalized spacial score (nSPS) is 10.7. The lowest BCUT2D eigenvalue weighted by Crippen LogP contribution is -2.04. The molecule has 0 aliphatic rings. The van der Waals surface area contributed by atoms with Gasteiger partial charge in [0.15, 0.2) is 5.78 Å². The third kappa shape index (κ3) is 3.08. The second kappa shape index (κ2) is 6.08. The highest BCUT2D eigenvalue weighted by atomic mass is 16.3. The van der Waals surface area contributed by atoms with Crippen molar-refractivity contribution in [1.29, 1.82) is 0 Å². The molecular formula is C18H16N2O4. The van der Waals surface area contributed by atoms with Crippen molar-refractivity contribution in [3.63, 3.8) is 0 Å². The van der Waals surface area contributed by atoms with E-state index in [4.69, 9.17) is 0 Å². The van der Waals surface area contributed by atoms with Crippen molar-refractivity contribution < 1.29 is 20.1 Å². The minimum absolute atomic E-state index is 0.0647. The van der Waals surface area contributed by atoms with Crippen LogP contribution in [0.2, 0.25) is 0 Å². The summed E-state index contributed by atoms with van der Waals surface area (Å²) in [4.78, 5) is 12.3. The zero-order valence-corrected chi connectivity index (χ0v) is 12.9. The smallest absolute Gasteiger partial charge is 0.176 e. The van der Waals surface area contributed by atoms with Crippen molar-refractivity contribution in [2.75, 3.05) is 0 Å². The van der Waals surface area contributed by atoms with Gasteiger partial charge in [-0.2, -0.15) is 5.10 Å². The van der Waals surface area contributed by atoms with Gasteiger partial charge in [0, 0.05) is 23.4 Å². The molecule has 2 aromatic carbocycles. The number of rotatable bonds is 4. The largest absolute Gasteiger partial charge is 0.508 e. The van der Waals surface area contributed by atoms with Gasteiger partial charge in [-0.25, -0.2) is 0 Å². The first kappa shape index (κ1) is 15.6. The van der Waals surface area contributed by atoms with E-state index < -0.39 is 17.3 Å². The molecule has 0 fully saturated rings. The Labute approximate surface area is 138 Å². The van der Waals surface area contributed by atoms with E-state index >= 15 is 0 Å². The van der Waals surface area contributed by atoms with Gasteiger partial charge in [-0.05, 0) is 13.0 Å². The van der Waals surface area contributed by atoms with Gasteiger partial charge in [0.1, 0.15) is 22.8 Å². The Bertz CT molecular complexity index is 875. The molecule has 0 bridgehead atoms. The Morgan fingerprint density at radius 2 is 1.67 bits per heavy atom. The van der Waals surface area contributed by atoms with Gasteiger partial charge in [0.2, 0.25) is 0 Å². The number of nitrogens with zero attached hydrogens (tertiary/aromatic N) is 1. The predicted octanol–water partition coefficient (Wildman–Crippen LogP) is 2.93. The van der Waals surface area contributed by atoms with Crippen molar-refractivity contribution in [1.82, 2.24) is 10.2 Å². The summed E-state index contributed by atoms with van der Waals surface area (Å²) in [5.74, 6) is -1.72. The second-order valence-corrected chi connectivity index (χ2v) is 5.60. The highest BCUT2D eigenvalue weighted by molar-refractivity contribution is 6.02. The number of hydrogen-bond acceptors (Lipinski definition) is 5. The van der Waals surface area contributed by atoms with Crippen LogP contribution >= 0.6 is 0 Å². The molecule has 1 heterocycles. The number of hydrogen-bond donors (Lipinski definition) is 4. The van der Waals surface area contributed by atoms with Gasteiger partial charge in [0.25, 0.3) is 0 Å². The van der Waals surface area contributed by atoms with Gasteiger partial charge < -0.3 is 15.3 Å². The maximum atomic E-state index is 12.3. The summed E-state index contributed by atoms with van der Waals surface area (Å²) in [7, 11) is 0. The molecule has 1 aromatic heterocycles. The number of carbonyl (C=O) groups is 1. The molecule has 0 unspecified atom stereocenters. The third-order valence-corrected chi connectivity index (χ3v) is 3.69. The van der Waals surface area contributed by atoms with E-state index in [9.17, 15) is 20.1 Å². The molecule has 0 aliphatic heterocycles. The number of nitrogens with one attached hydrogen (secondary N) is 1. The standard InChI is InChI=1S/C18H16N2O4/c1-10-2-4-11(5-3-10)14-6-12(19-20-14)7-15(22)18-16(23)8-13(21)9-17(18)24/h2-6,8-9,21,23-24H,7H2,1H3,(H,19,20). The van der Waals surface area contributed by atoms with Crippen molar-refractivity contribution in [2.45, 2.75) is 13.3 Å². The average molecular weight is 324 g/mol. The molecule has 4 N–H and O–H groups in total. The Kier molecular flexibility index (Phi) is 3.95. The monoisotopic (exact) mass is 324 g/mol. The zero-order chi connectivity index (χ0) is 17.3. The van der Waals surface area contributed by atoms with Gasteiger partial charge in [0.05, 0.1) is 12.1 Å². The molecule has 6 nitrogen and oxygen atoms in total. The SMILES string of the molecule is Cc1ccc(-c2cc(CC(=O)c3c(O)cc(O)cc3O)[nH]n2)cc1. The molecule has 6 heteroatoms. The van der Waals surface area contributed by atoms with Crippen LogP contribution in [0.15, 0.2) is 42.5 Å². The second-order valence-electron chi connectivity index (χ2n) is 5.60. The van der Waals surface area contributed by atoms with E-state index in [0.717, 1.165) is 23.3 Å². The highest BCUT2D eigenvalue weighted by Crippen LogP contribution is 2.32. The van der Waals surface area contributed by atoms with Crippen molar-refractivity contribution in [3.8, 4) is 28.5 Å². The van der Waals surface area contributed by atoms with Crippen LogP contribution in [0.25, 0.3) is 11.3 Å². The molecule has 3 rings (SSSR count). The predicted molar refractivity (Wildman–Crippen MR) is 88.2 cm³/mol. The first-order valence-electron chi connectivity index (χ1n) is 7.33. The van der Waals surface area contributed by atoms with Crippen molar-refractivity contribution >= 4 is 5.78 Å². The first-order valence-corrected chi connectivity index (χ1v) is 7.33. The van der Waals surface area contributed by atoms with Crippen LogP contribution in [0.5, 0.6) is 17.2 Å². The number of H-pyrrole nitrogens is 1. The number of aromatic nitrogens is 2. The molecule has 0 spiro atoms. The molecule has 0 saturated heterocycles. The fourth-order valence-corrected chi connectivity index (χ4v) is 2.47. The van der Waals surface area contributed by atoms with Gasteiger partial charge in [-0.1, -0.05) is 29.8 Å². The number of aromatic amines is 1. The molecule has 24 heavy (non-hydrogen) atoms. The molecule has 0 radical (unpaired) electrons. The molecule has 3 aromatic rings. The molecule has 0 amide bonds. The van der Waals surface area contributed by atoms with Crippen LogP contribution in [0.1, 0.15) is 21.6 Å². The van der Waals surface area contributed by atoms with E-state index in [2.05, 4.69) is 10.2 Å². The number of phenolic OH excluding ortho intramolecular Hbond substituents is 3. The average Bonchev–Trinajstić information content (AvgIpc) is 2.95. The molecule has 0 saturated carbocycles. The summed E-state index contributed by atoms with van der Waals surface area (Å²) >= 11 is 0. The summed E-state index contributed by atoms with van der Waals surface area (Å²) in [6.45, 7) is 2.00. The fraction of sp³-hybridized carbons (Fsp3) is 0.111. The quantitative estimate of drug-likeness (QED) is 0.552. The number of Topliss-reactive ketones (excluding diaryl/α,β-unsaturated/α-hetero) is 1. The number of ketones is 1. The van der Waals surface area contributed by atoms with E-state index in [1.165, 1.54) is 0 Å². The summed E-state index contributed by atoms with van der Waals surface area (Å²) in [5, 5.41) is 35.8. The number of carbonyl (C=O) groups excluding carboxylic acids is 1. The Morgan fingerprint density at radius 3 is 2.29 bits per heavy atom. The molecule has 122 valence electrons. The van der Waals surface area contributed by atoms with E-state index in [1.807, 2.05) is 31.2 Å². The van der Waals surface area contributed by atoms with Gasteiger partial charge >= 0.3 is 0 Å². The molecular weight excluding hydrogens is 308 g/mol. The zero-order valence-electron chi connectivity index (χ0n) is 12.9. The minimum atomic E-state index is -0.482. The highest BCUT2D eigenvalue weighted by Gasteiger charge is 2.19. The summed E-state index contributed by atoms with van der Waals surface area (Å²) < 4.78 is 0. The summed E-state index contributed by atoms with van der Waals surface area (Å²) in [6.07, 6.45) is -0.0647. The first-order chi connectivity index (χ1) is 11.4. The Balaban J connectivity index is 1.82. The Hall–Kier alpha value is -3.28. The van der Waals surface area contributed by atoms with Crippen molar-refractivity contribution in [2.24, 2.45) is 0 Å². The van der Waals surface area contributed by atoms with Crippen molar-refractivity contribution in [3.05, 3.63) is 59.3 Å². The fourth-order valence-electron chi connectivity index (χ4n) is 2.47. The van der Waals surface area contributed by atoms with Gasteiger partial charge in [-0.3, -0.25) is 9.89 Å². The lowest BCUT2D eigenvalue weighted by Gasteiger charge is -2.06. The third-order valence-electron chi connectivity index (χ3n) is 3.69. The minimum Gasteiger partial charge on any atom is -0.508 e. The molecule has 0 atom stereocenters. The maximum Gasteiger partial charge on any atom is 0.176 e. The number of aryl methyl sites for hydroxylation is 1. The van der Waals surface area contributed by atoms with Crippen LogP contribution in [0.3, 0.4) is 0 Å². The van der Waals surface area contributed by atoms with Crippen LogP contribution < -0.4 is 0 Å². The van der Waals surface area contributed by atoms with E-state index in [1.54, 1.807) is 6.07 Å². The van der Waals surface area contributed by atoms with Crippen LogP contribution in [0.4, 0.5) is 0 Å². The van der Waals surface area contributed by atoms with E-state index in [-0.39, 0.29) is 17.7 Å². The number of aromatic hydroxyl groups is 3.